The summed E-state index contributed by atoms with van der Waals surface area (Å²) in [6.07, 6.45) is -2.58. The summed E-state index contributed by atoms with van der Waals surface area (Å²) in [6, 6.07) is 0. The lowest BCUT2D eigenvalue weighted by molar-refractivity contribution is 0.0944. The van der Waals surface area contributed by atoms with E-state index in [4.69, 9.17) is 23.2 Å². The number of aromatic nitrogens is 4. The van der Waals surface area contributed by atoms with Gasteiger partial charge < -0.3 is 15.7 Å². The molecule has 0 aromatic carbocycles. The van der Waals surface area contributed by atoms with Crippen molar-refractivity contribution in [3.05, 3.63) is 10.6 Å². The molecule has 0 bridgehead atoms. The molecule has 2 aromatic rings. The summed E-state index contributed by atoms with van der Waals surface area (Å²) in [5, 5.41) is 14.8. The number of fused-ring (bicyclic) bond motifs is 1. The zero-order valence-corrected chi connectivity index (χ0v) is 13.8. The van der Waals surface area contributed by atoms with Crippen LogP contribution >= 0.6 is 23.2 Å². The number of hydrogen-bond acceptors (Lipinski definition) is 7. The molecule has 0 unspecified atom stereocenters. The Morgan fingerprint density at radius 2 is 1.48 bits per heavy atom. The summed E-state index contributed by atoms with van der Waals surface area (Å²) in [4.78, 5) is 15.8. The van der Waals surface area contributed by atoms with Gasteiger partial charge in [-0.15, -0.1) is 0 Å². The SMILES string of the molecule is CC(C)(O)CNc1nc(Cl)nc2c(NCC(F)F)nc(Cl)nc12. The van der Waals surface area contributed by atoms with E-state index >= 15 is 0 Å². The molecule has 2 rings (SSSR count). The second-order valence-electron chi connectivity index (χ2n) is 5.32. The van der Waals surface area contributed by atoms with Crippen molar-refractivity contribution in [1.82, 2.24) is 19.9 Å². The predicted molar refractivity (Wildman–Crippen MR) is 84.4 cm³/mol. The minimum atomic E-state index is -2.58. The number of rotatable bonds is 6. The highest BCUT2D eigenvalue weighted by Gasteiger charge is 2.18. The molecule has 2 aromatic heterocycles. The normalized spacial score (nSPS) is 12.0. The van der Waals surface area contributed by atoms with Gasteiger partial charge >= 0.3 is 0 Å². The highest BCUT2D eigenvalue weighted by Crippen LogP contribution is 2.27. The van der Waals surface area contributed by atoms with Gasteiger partial charge in [-0.05, 0) is 37.0 Å². The molecule has 7 nitrogen and oxygen atoms in total. The highest BCUT2D eigenvalue weighted by molar-refractivity contribution is 6.30. The maximum absolute atomic E-state index is 12.4. The van der Waals surface area contributed by atoms with Crippen molar-refractivity contribution in [2.24, 2.45) is 0 Å². The Bertz CT molecular complexity index is 710. The minimum absolute atomic E-state index is 0.0240. The predicted octanol–water partition coefficient (Wildman–Crippen LogP) is 2.59. The van der Waals surface area contributed by atoms with E-state index in [9.17, 15) is 13.9 Å². The molecule has 0 radical (unpaired) electrons. The first-order valence-corrected chi connectivity index (χ1v) is 7.30. The van der Waals surface area contributed by atoms with Crippen molar-refractivity contribution in [1.29, 1.82) is 0 Å². The molecular formula is C12H14Cl2F2N6O. The summed E-state index contributed by atoms with van der Waals surface area (Å²) in [5.41, 5.74) is -0.666. The monoisotopic (exact) mass is 366 g/mol. The number of nitrogens with zero attached hydrogens (tertiary/aromatic N) is 4. The van der Waals surface area contributed by atoms with Gasteiger partial charge in [-0.3, -0.25) is 0 Å². The fraction of sp³-hybridized carbons (Fsp3) is 0.500. The Morgan fingerprint density at radius 1 is 1.00 bits per heavy atom. The molecule has 126 valence electrons. The van der Waals surface area contributed by atoms with Crippen molar-refractivity contribution in [3.8, 4) is 0 Å². The lowest BCUT2D eigenvalue weighted by Gasteiger charge is -2.19. The third kappa shape index (κ3) is 4.95. The van der Waals surface area contributed by atoms with Crippen LogP contribution in [0.15, 0.2) is 0 Å². The van der Waals surface area contributed by atoms with E-state index in [1.54, 1.807) is 13.8 Å². The lowest BCUT2D eigenvalue weighted by atomic mass is 10.1. The van der Waals surface area contributed by atoms with Crippen LogP contribution in [0, 0.1) is 0 Å². The molecule has 0 spiro atoms. The molecule has 3 N–H and O–H groups in total. The lowest BCUT2D eigenvalue weighted by Crippen LogP contribution is -2.29. The molecule has 0 fully saturated rings. The van der Waals surface area contributed by atoms with Gasteiger partial charge in [-0.25, -0.2) is 18.7 Å². The standard InChI is InChI=1S/C12H14Cl2F2N6O/c1-12(2,23)4-18-9-7-6(19-11(14)22-9)8(17-3-5(15)16)21-10(13)20-7/h5,23H,3-4H2,1-2H3,(H,17,20,21)(H,18,19,22). The van der Waals surface area contributed by atoms with Gasteiger partial charge in [0.15, 0.2) is 11.6 Å². The molecule has 0 amide bonds. The number of nitrogens with one attached hydrogen (secondary N) is 2. The maximum Gasteiger partial charge on any atom is 0.255 e. The van der Waals surface area contributed by atoms with Crippen LogP contribution in [-0.4, -0.2) is 50.2 Å². The first-order chi connectivity index (χ1) is 10.7. The molecule has 0 aliphatic carbocycles. The molecule has 2 heterocycles. The molecule has 23 heavy (non-hydrogen) atoms. The minimum Gasteiger partial charge on any atom is -0.389 e. The number of aliphatic hydroxyl groups is 1. The van der Waals surface area contributed by atoms with Crippen LogP contribution in [-0.2, 0) is 0 Å². The van der Waals surface area contributed by atoms with Crippen LogP contribution < -0.4 is 10.6 Å². The zero-order valence-electron chi connectivity index (χ0n) is 12.2. The quantitative estimate of drug-likeness (QED) is 0.676. The Hall–Kier alpha value is -1.58. The van der Waals surface area contributed by atoms with Crippen LogP contribution in [0.25, 0.3) is 11.0 Å². The number of halogens is 4. The van der Waals surface area contributed by atoms with Crippen LogP contribution in [0.1, 0.15) is 13.8 Å². The van der Waals surface area contributed by atoms with Crippen LogP contribution in [0.2, 0.25) is 10.6 Å². The number of hydrogen-bond donors (Lipinski definition) is 3. The van der Waals surface area contributed by atoms with Crippen molar-refractivity contribution >= 4 is 45.9 Å². The van der Waals surface area contributed by atoms with Gasteiger partial charge in [0, 0.05) is 6.54 Å². The number of anilines is 2. The molecule has 0 aliphatic rings. The smallest absolute Gasteiger partial charge is 0.255 e. The Morgan fingerprint density at radius 3 is 1.91 bits per heavy atom. The van der Waals surface area contributed by atoms with Gasteiger partial charge in [0.25, 0.3) is 6.43 Å². The second-order valence-corrected chi connectivity index (χ2v) is 5.99. The molecule has 0 saturated heterocycles. The van der Waals surface area contributed by atoms with Crippen molar-refractivity contribution < 1.29 is 13.9 Å². The first kappa shape index (κ1) is 17.8. The van der Waals surface area contributed by atoms with Gasteiger partial charge in [0.1, 0.15) is 11.0 Å². The summed E-state index contributed by atoms with van der Waals surface area (Å²) in [7, 11) is 0. The third-order valence-corrected chi connectivity index (χ3v) is 2.94. The van der Waals surface area contributed by atoms with Gasteiger partial charge in [0.05, 0.1) is 12.1 Å². The summed E-state index contributed by atoms with van der Waals surface area (Å²) < 4.78 is 24.8. The Labute approximate surface area is 140 Å². The average Bonchev–Trinajstić information content (AvgIpc) is 2.42. The Balaban J connectivity index is 2.48. The first-order valence-electron chi connectivity index (χ1n) is 6.55. The summed E-state index contributed by atoms with van der Waals surface area (Å²) in [5.74, 6) is 0.238. The van der Waals surface area contributed by atoms with Crippen molar-refractivity contribution in [2.75, 3.05) is 23.7 Å². The van der Waals surface area contributed by atoms with E-state index in [-0.39, 0.29) is 39.8 Å². The topological polar surface area (TPSA) is 95.8 Å². The van der Waals surface area contributed by atoms with Gasteiger partial charge in [-0.1, -0.05) is 0 Å². The van der Waals surface area contributed by atoms with Gasteiger partial charge in [-0.2, -0.15) is 9.97 Å². The van der Waals surface area contributed by atoms with Gasteiger partial charge in [0.2, 0.25) is 10.6 Å². The molecule has 0 atom stereocenters. The molecule has 0 aliphatic heterocycles. The highest BCUT2D eigenvalue weighted by atomic mass is 35.5. The summed E-state index contributed by atoms with van der Waals surface area (Å²) >= 11 is 11.7. The van der Waals surface area contributed by atoms with Crippen LogP contribution in [0.4, 0.5) is 20.4 Å². The second kappa shape index (κ2) is 6.90. The molecule has 11 heteroatoms. The number of alkyl halides is 2. The fourth-order valence-electron chi connectivity index (χ4n) is 1.68. The van der Waals surface area contributed by atoms with E-state index in [1.165, 1.54) is 0 Å². The van der Waals surface area contributed by atoms with Crippen molar-refractivity contribution in [3.63, 3.8) is 0 Å². The van der Waals surface area contributed by atoms with E-state index in [0.29, 0.717) is 0 Å². The fourth-order valence-corrected chi connectivity index (χ4v) is 2.02. The van der Waals surface area contributed by atoms with Crippen LogP contribution in [0.3, 0.4) is 0 Å². The maximum atomic E-state index is 12.4. The van der Waals surface area contributed by atoms with E-state index < -0.39 is 18.6 Å². The van der Waals surface area contributed by atoms with E-state index in [1.807, 2.05) is 0 Å². The third-order valence-electron chi connectivity index (χ3n) is 2.60. The zero-order chi connectivity index (χ0) is 17.2. The van der Waals surface area contributed by atoms with E-state index in [0.717, 1.165) is 0 Å². The summed E-state index contributed by atoms with van der Waals surface area (Å²) in [6.45, 7) is 2.72. The van der Waals surface area contributed by atoms with E-state index in [2.05, 4.69) is 30.6 Å². The van der Waals surface area contributed by atoms with Crippen molar-refractivity contribution in [2.45, 2.75) is 25.9 Å². The Kier molecular flexibility index (Phi) is 5.33. The largest absolute Gasteiger partial charge is 0.389 e. The average molecular weight is 367 g/mol. The molecular weight excluding hydrogens is 353 g/mol. The van der Waals surface area contributed by atoms with Crippen LogP contribution in [0.5, 0.6) is 0 Å². The molecule has 0 saturated carbocycles.